The molecule has 1 aromatic carbocycles. The Hall–Kier alpha value is -2.23. The number of carboxylic acids is 1. The number of nitriles is 1. The molecule has 1 unspecified atom stereocenters. The molecule has 0 spiro atoms. The molecule has 0 radical (unpaired) electrons. The maximum atomic E-state index is 12.6. The second-order valence-corrected chi connectivity index (χ2v) is 5.13. The molecule has 1 aliphatic heterocycles. The molecule has 1 N–H and O–H groups in total. The van der Waals surface area contributed by atoms with Crippen molar-refractivity contribution in [2.45, 2.75) is 13.1 Å². The number of hydrogen-bond acceptors (Lipinski definition) is 3. The fourth-order valence-electron chi connectivity index (χ4n) is 2.30. The van der Waals surface area contributed by atoms with Gasteiger partial charge in [0, 0.05) is 19.0 Å². The average molecular weight is 298 g/mol. The van der Waals surface area contributed by atoms with Gasteiger partial charge in [-0.05, 0) is 18.2 Å². The smallest absolute Gasteiger partial charge is 0.416 e. The van der Waals surface area contributed by atoms with Crippen molar-refractivity contribution >= 4 is 11.7 Å². The summed E-state index contributed by atoms with van der Waals surface area (Å²) < 4.78 is 37.8. The van der Waals surface area contributed by atoms with Gasteiger partial charge in [-0.1, -0.05) is 6.92 Å². The highest BCUT2D eigenvalue weighted by atomic mass is 19.4. The van der Waals surface area contributed by atoms with Crippen LogP contribution in [-0.2, 0) is 11.0 Å². The fourth-order valence-corrected chi connectivity index (χ4v) is 2.30. The van der Waals surface area contributed by atoms with Crippen LogP contribution in [0.3, 0.4) is 0 Å². The van der Waals surface area contributed by atoms with E-state index in [1.165, 1.54) is 6.07 Å². The third-order valence-electron chi connectivity index (χ3n) is 3.79. The Kier molecular flexibility index (Phi) is 3.81. The van der Waals surface area contributed by atoms with Crippen LogP contribution in [0.25, 0.3) is 0 Å². The van der Waals surface area contributed by atoms with Crippen molar-refractivity contribution in [3.05, 3.63) is 29.3 Å². The molecule has 112 valence electrons. The second kappa shape index (κ2) is 5.28. The van der Waals surface area contributed by atoms with E-state index in [1.807, 2.05) is 0 Å². The minimum atomic E-state index is -4.49. The largest absolute Gasteiger partial charge is 0.481 e. The van der Waals surface area contributed by atoms with Gasteiger partial charge < -0.3 is 10.0 Å². The lowest BCUT2D eigenvalue weighted by atomic mass is 9.86. The Morgan fingerprint density at radius 1 is 1.48 bits per heavy atom. The molecule has 1 fully saturated rings. The van der Waals surface area contributed by atoms with Crippen LogP contribution in [0.15, 0.2) is 18.2 Å². The summed E-state index contributed by atoms with van der Waals surface area (Å²) in [6.45, 7) is 2.45. The molecule has 0 bridgehead atoms. The Balaban J connectivity index is 2.17. The topological polar surface area (TPSA) is 64.3 Å². The number of anilines is 1. The molecule has 2 rings (SSSR count). The van der Waals surface area contributed by atoms with Gasteiger partial charge in [-0.15, -0.1) is 0 Å². The number of benzene rings is 1. The first-order chi connectivity index (χ1) is 9.74. The minimum absolute atomic E-state index is 0.0498. The molecular weight excluding hydrogens is 285 g/mol. The van der Waals surface area contributed by atoms with E-state index in [0.29, 0.717) is 18.8 Å². The van der Waals surface area contributed by atoms with Crippen molar-refractivity contribution in [3.8, 4) is 6.07 Å². The van der Waals surface area contributed by atoms with Gasteiger partial charge in [0.15, 0.2) is 0 Å². The maximum absolute atomic E-state index is 12.6. The first-order valence-electron chi connectivity index (χ1n) is 6.33. The zero-order valence-corrected chi connectivity index (χ0v) is 11.2. The van der Waals surface area contributed by atoms with Crippen molar-refractivity contribution in [2.24, 2.45) is 11.8 Å². The van der Waals surface area contributed by atoms with Crippen LogP contribution in [-0.4, -0.2) is 24.2 Å². The molecule has 21 heavy (non-hydrogen) atoms. The van der Waals surface area contributed by atoms with Gasteiger partial charge in [0.2, 0.25) is 0 Å². The number of carbonyl (C=O) groups is 1. The molecule has 1 heterocycles. The van der Waals surface area contributed by atoms with E-state index >= 15 is 0 Å². The molecule has 4 nitrogen and oxygen atoms in total. The van der Waals surface area contributed by atoms with Gasteiger partial charge in [-0.2, -0.15) is 18.4 Å². The molecule has 0 saturated carbocycles. The Morgan fingerprint density at radius 3 is 2.57 bits per heavy atom. The zero-order chi connectivity index (χ0) is 15.8. The number of halogens is 3. The van der Waals surface area contributed by atoms with E-state index < -0.39 is 23.6 Å². The van der Waals surface area contributed by atoms with E-state index in [0.717, 1.165) is 12.1 Å². The first-order valence-corrected chi connectivity index (χ1v) is 6.33. The summed E-state index contributed by atoms with van der Waals surface area (Å²) >= 11 is 0. The van der Waals surface area contributed by atoms with E-state index in [2.05, 4.69) is 0 Å². The van der Waals surface area contributed by atoms with Crippen molar-refractivity contribution in [1.82, 2.24) is 0 Å². The van der Waals surface area contributed by atoms with Crippen LogP contribution in [0.2, 0.25) is 0 Å². The van der Waals surface area contributed by atoms with Gasteiger partial charge in [0.1, 0.15) is 6.07 Å². The maximum Gasteiger partial charge on any atom is 0.416 e. The Labute approximate surface area is 119 Å². The third kappa shape index (κ3) is 2.94. The molecular formula is C14H13F3N2O2. The number of carboxylic acid groups (broad SMARTS) is 1. The van der Waals surface area contributed by atoms with Crippen LogP contribution in [0.1, 0.15) is 18.1 Å². The molecule has 1 saturated heterocycles. The van der Waals surface area contributed by atoms with Crippen LogP contribution >= 0.6 is 0 Å². The molecule has 0 amide bonds. The number of aliphatic carboxylic acids is 1. The van der Waals surface area contributed by atoms with Crippen molar-refractivity contribution in [3.63, 3.8) is 0 Å². The van der Waals surface area contributed by atoms with E-state index in [9.17, 15) is 18.0 Å². The monoisotopic (exact) mass is 298 g/mol. The summed E-state index contributed by atoms with van der Waals surface area (Å²) in [5.74, 6) is -1.47. The highest BCUT2D eigenvalue weighted by molar-refractivity contribution is 5.71. The van der Waals surface area contributed by atoms with Gasteiger partial charge in [-0.3, -0.25) is 4.79 Å². The molecule has 1 atom stereocenters. The van der Waals surface area contributed by atoms with Gasteiger partial charge in [-0.25, -0.2) is 0 Å². The van der Waals surface area contributed by atoms with Gasteiger partial charge >= 0.3 is 12.1 Å². The highest BCUT2D eigenvalue weighted by Crippen LogP contribution is 2.36. The lowest BCUT2D eigenvalue weighted by Crippen LogP contribution is -2.51. The average Bonchev–Trinajstić information content (AvgIpc) is 2.35. The van der Waals surface area contributed by atoms with Crippen LogP contribution < -0.4 is 4.90 Å². The number of nitrogens with zero attached hydrogens (tertiary/aromatic N) is 2. The normalized spacial score (nSPS) is 17.0. The molecule has 1 aliphatic rings. The fraction of sp³-hybridized carbons (Fsp3) is 0.429. The van der Waals surface area contributed by atoms with Crippen LogP contribution in [0.4, 0.5) is 18.9 Å². The van der Waals surface area contributed by atoms with Crippen LogP contribution in [0, 0.1) is 23.2 Å². The lowest BCUT2D eigenvalue weighted by Gasteiger charge is -2.43. The van der Waals surface area contributed by atoms with Crippen LogP contribution in [0.5, 0.6) is 0 Å². The predicted octanol–water partition coefficient (Wildman–Crippen LogP) is 2.73. The first kappa shape index (κ1) is 15.2. The van der Waals surface area contributed by atoms with Crippen molar-refractivity contribution in [1.29, 1.82) is 5.26 Å². The number of hydrogen-bond donors (Lipinski definition) is 1. The quantitative estimate of drug-likeness (QED) is 0.932. The van der Waals surface area contributed by atoms with Gasteiger partial charge in [0.05, 0.1) is 22.7 Å². The standard InChI is InChI=1S/C14H13F3N2O2/c1-8(13(20)21)10-6-19(7-10)12-3-2-11(14(15,16)17)4-9(12)5-18/h2-4,8,10H,6-7H2,1H3,(H,20,21). The summed E-state index contributed by atoms with van der Waals surface area (Å²) in [7, 11) is 0. The third-order valence-corrected chi connectivity index (χ3v) is 3.79. The van der Waals surface area contributed by atoms with Crippen molar-refractivity contribution < 1.29 is 23.1 Å². The molecule has 1 aromatic rings. The summed E-state index contributed by atoms with van der Waals surface area (Å²) in [5.41, 5.74) is -0.496. The van der Waals surface area contributed by atoms with Gasteiger partial charge in [0.25, 0.3) is 0 Å². The zero-order valence-electron chi connectivity index (χ0n) is 11.2. The van der Waals surface area contributed by atoms with E-state index in [-0.39, 0.29) is 11.5 Å². The summed E-state index contributed by atoms with van der Waals surface area (Å²) in [6.07, 6.45) is -4.49. The number of alkyl halides is 3. The SMILES string of the molecule is CC(C(=O)O)C1CN(c2ccc(C(F)(F)F)cc2C#N)C1. The molecule has 0 aromatic heterocycles. The number of rotatable bonds is 3. The Bertz CT molecular complexity index is 601. The summed E-state index contributed by atoms with van der Waals surface area (Å²) in [4.78, 5) is 12.6. The Morgan fingerprint density at radius 2 is 2.10 bits per heavy atom. The van der Waals surface area contributed by atoms with E-state index in [4.69, 9.17) is 10.4 Å². The summed E-state index contributed by atoms with van der Waals surface area (Å²) in [6, 6.07) is 4.79. The molecule has 0 aliphatic carbocycles. The van der Waals surface area contributed by atoms with Crippen molar-refractivity contribution in [2.75, 3.05) is 18.0 Å². The predicted molar refractivity (Wildman–Crippen MR) is 68.7 cm³/mol. The second-order valence-electron chi connectivity index (χ2n) is 5.13. The van der Waals surface area contributed by atoms with E-state index in [1.54, 1.807) is 17.9 Å². The summed E-state index contributed by atoms with van der Waals surface area (Å²) in [5, 5.41) is 17.9. The lowest BCUT2D eigenvalue weighted by molar-refractivity contribution is -0.143. The molecule has 7 heteroatoms. The highest BCUT2D eigenvalue weighted by Gasteiger charge is 2.37. The minimum Gasteiger partial charge on any atom is -0.481 e.